The molecule has 0 spiro atoms. The molecule has 0 unspecified atom stereocenters. The summed E-state index contributed by atoms with van der Waals surface area (Å²) in [5.74, 6) is -1.71. The van der Waals surface area contributed by atoms with Gasteiger partial charge in [-0.05, 0) is 24.3 Å². The third-order valence-electron chi connectivity index (χ3n) is 4.96. The number of carbonyl (C=O) groups is 1. The van der Waals surface area contributed by atoms with Crippen LogP contribution in [-0.2, 0) is 0 Å². The third-order valence-corrected chi connectivity index (χ3v) is 5.72. The smallest absolute Gasteiger partial charge is 0.258 e. The number of nitrogens with one attached hydrogen (secondary N) is 1. The zero-order chi connectivity index (χ0) is 22.1. The second-order valence-corrected chi connectivity index (χ2v) is 7.91. The van der Waals surface area contributed by atoms with Crippen molar-refractivity contribution in [3.05, 3.63) is 101 Å². The minimum atomic E-state index is -0.708. The van der Waals surface area contributed by atoms with Crippen molar-refractivity contribution in [2.45, 2.75) is 0 Å². The number of carbonyl (C=O) groups excluding carboxylic acids is 1. The van der Waals surface area contributed by atoms with Crippen molar-refractivity contribution in [2.24, 2.45) is 0 Å². The number of para-hydroxylation sites is 1. The SMILES string of the molecule is O=C(Nc1nc(-c2ccc(F)cc2F)cs1)c1cc(-c2ccccc2)nc2ccccc12. The first-order valence-electron chi connectivity index (χ1n) is 9.76. The lowest BCUT2D eigenvalue weighted by Crippen LogP contribution is -2.13. The Morgan fingerprint density at radius 2 is 1.62 bits per heavy atom. The summed E-state index contributed by atoms with van der Waals surface area (Å²) < 4.78 is 27.3. The average molecular weight is 443 g/mol. The summed E-state index contributed by atoms with van der Waals surface area (Å²) in [4.78, 5) is 22.2. The van der Waals surface area contributed by atoms with Gasteiger partial charge in [0.25, 0.3) is 5.91 Å². The van der Waals surface area contributed by atoms with Gasteiger partial charge in [-0.3, -0.25) is 10.1 Å². The Morgan fingerprint density at radius 1 is 0.844 bits per heavy atom. The van der Waals surface area contributed by atoms with E-state index < -0.39 is 11.6 Å². The molecule has 0 aliphatic carbocycles. The third kappa shape index (κ3) is 3.86. The fraction of sp³-hybridized carbons (Fsp3) is 0. The number of hydrogen-bond donors (Lipinski definition) is 1. The van der Waals surface area contributed by atoms with Gasteiger partial charge in [-0.25, -0.2) is 18.7 Å². The van der Waals surface area contributed by atoms with E-state index in [4.69, 9.17) is 4.98 Å². The molecule has 0 aliphatic rings. The van der Waals surface area contributed by atoms with Gasteiger partial charge in [-0.1, -0.05) is 48.5 Å². The number of halogens is 2. The molecule has 5 aromatic rings. The van der Waals surface area contributed by atoms with Crippen molar-refractivity contribution < 1.29 is 13.6 Å². The van der Waals surface area contributed by atoms with Crippen molar-refractivity contribution in [1.29, 1.82) is 0 Å². The maximum absolute atomic E-state index is 14.1. The summed E-state index contributed by atoms with van der Waals surface area (Å²) in [6.07, 6.45) is 0. The van der Waals surface area contributed by atoms with Gasteiger partial charge in [0, 0.05) is 28.0 Å². The molecule has 0 aliphatic heterocycles. The monoisotopic (exact) mass is 443 g/mol. The molecule has 2 aromatic heterocycles. The van der Waals surface area contributed by atoms with Crippen LogP contribution in [0.5, 0.6) is 0 Å². The van der Waals surface area contributed by atoms with E-state index in [1.807, 2.05) is 54.6 Å². The van der Waals surface area contributed by atoms with Crippen molar-refractivity contribution in [2.75, 3.05) is 5.32 Å². The fourth-order valence-electron chi connectivity index (χ4n) is 3.44. The molecule has 1 amide bonds. The minimum absolute atomic E-state index is 0.170. The molecular formula is C25H15F2N3OS. The van der Waals surface area contributed by atoms with E-state index in [0.717, 1.165) is 11.6 Å². The summed E-state index contributed by atoms with van der Waals surface area (Å²) in [6, 6.07) is 22.1. The molecule has 0 saturated heterocycles. The molecule has 0 fully saturated rings. The quantitative estimate of drug-likeness (QED) is 0.342. The summed E-state index contributed by atoms with van der Waals surface area (Å²) >= 11 is 1.17. The molecular weight excluding hydrogens is 428 g/mol. The second-order valence-electron chi connectivity index (χ2n) is 7.05. The van der Waals surface area contributed by atoms with E-state index in [9.17, 15) is 13.6 Å². The number of pyridine rings is 1. The summed E-state index contributed by atoms with van der Waals surface area (Å²) in [6.45, 7) is 0. The zero-order valence-corrected chi connectivity index (χ0v) is 17.4. The van der Waals surface area contributed by atoms with E-state index in [0.29, 0.717) is 33.0 Å². The first kappa shape index (κ1) is 20.0. The van der Waals surface area contributed by atoms with Crippen molar-refractivity contribution in [3.63, 3.8) is 0 Å². The average Bonchev–Trinajstić information content (AvgIpc) is 3.27. The van der Waals surface area contributed by atoms with Gasteiger partial charge < -0.3 is 0 Å². The van der Waals surface area contributed by atoms with Crippen molar-refractivity contribution in [1.82, 2.24) is 9.97 Å². The summed E-state index contributed by atoms with van der Waals surface area (Å²) in [7, 11) is 0. The molecule has 2 heterocycles. The van der Waals surface area contributed by atoms with Crippen molar-refractivity contribution in [3.8, 4) is 22.5 Å². The van der Waals surface area contributed by atoms with Crippen LogP contribution < -0.4 is 5.32 Å². The second kappa shape index (κ2) is 8.28. The first-order chi connectivity index (χ1) is 15.6. The first-order valence-corrected chi connectivity index (χ1v) is 10.6. The van der Waals surface area contributed by atoms with Crippen LogP contribution in [0.1, 0.15) is 10.4 Å². The standard InChI is InChI=1S/C25H15F2N3OS/c26-16-10-11-18(20(27)12-16)23-14-32-25(29-23)30-24(31)19-13-22(15-6-2-1-3-7-15)28-21-9-5-4-8-17(19)21/h1-14H,(H,29,30,31). The van der Waals surface area contributed by atoms with Crippen LogP contribution >= 0.6 is 11.3 Å². The van der Waals surface area contributed by atoms with Crippen LogP contribution in [0.25, 0.3) is 33.4 Å². The maximum Gasteiger partial charge on any atom is 0.258 e. The summed E-state index contributed by atoms with van der Waals surface area (Å²) in [5.41, 5.74) is 3.24. The molecule has 5 rings (SSSR count). The molecule has 32 heavy (non-hydrogen) atoms. The number of anilines is 1. The predicted octanol–water partition coefficient (Wildman–Crippen LogP) is 6.56. The number of benzene rings is 3. The number of rotatable bonds is 4. The Kier molecular flexibility index (Phi) is 5.17. The highest BCUT2D eigenvalue weighted by molar-refractivity contribution is 7.14. The Bertz CT molecular complexity index is 1450. The van der Waals surface area contributed by atoms with Gasteiger partial charge in [0.05, 0.1) is 22.5 Å². The Hall–Kier alpha value is -3.97. The Morgan fingerprint density at radius 3 is 2.44 bits per heavy atom. The van der Waals surface area contributed by atoms with E-state index >= 15 is 0 Å². The van der Waals surface area contributed by atoms with Crippen LogP contribution in [0.3, 0.4) is 0 Å². The van der Waals surface area contributed by atoms with Crippen LogP contribution in [-0.4, -0.2) is 15.9 Å². The minimum Gasteiger partial charge on any atom is -0.298 e. The number of fused-ring (bicyclic) bond motifs is 1. The highest BCUT2D eigenvalue weighted by Gasteiger charge is 2.17. The molecule has 156 valence electrons. The normalized spacial score (nSPS) is 10.9. The van der Waals surface area contributed by atoms with Crippen molar-refractivity contribution >= 4 is 33.3 Å². The van der Waals surface area contributed by atoms with Gasteiger partial charge in [0.15, 0.2) is 5.13 Å². The predicted molar refractivity (Wildman–Crippen MR) is 123 cm³/mol. The van der Waals surface area contributed by atoms with E-state index in [2.05, 4.69) is 10.3 Å². The highest BCUT2D eigenvalue weighted by atomic mass is 32.1. The largest absolute Gasteiger partial charge is 0.298 e. The topological polar surface area (TPSA) is 54.9 Å². The lowest BCUT2D eigenvalue weighted by Gasteiger charge is -2.09. The van der Waals surface area contributed by atoms with Crippen LogP contribution in [0.2, 0.25) is 0 Å². The molecule has 1 N–H and O–H groups in total. The lowest BCUT2D eigenvalue weighted by atomic mass is 10.0. The lowest BCUT2D eigenvalue weighted by molar-refractivity contribution is 0.102. The van der Waals surface area contributed by atoms with Gasteiger partial charge in [0.1, 0.15) is 11.6 Å². The zero-order valence-electron chi connectivity index (χ0n) is 16.5. The van der Waals surface area contributed by atoms with Crippen LogP contribution in [0.4, 0.5) is 13.9 Å². The number of amides is 1. The highest BCUT2D eigenvalue weighted by Crippen LogP contribution is 2.29. The fourth-order valence-corrected chi connectivity index (χ4v) is 4.14. The molecule has 0 saturated carbocycles. The molecule has 0 atom stereocenters. The van der Waals surface area contributed by atoms with Crippen LogP contribution in [0.15, 0.2) is 84.2 Å². The number of thiazole rings is 1. The Balaban J connectivity index is 1.50. The number of hydrogen-bond acceptors (Lipinski definition) is 4. The van der Waals surface area contributed by atoms with E-state index in [1.54, 1.807) is 11.4 Å². The van der Waals surface area contributed by atoms with Gasteiger partial charge >= 0.3 is 0 Å². The number of nitrogens with zero attached hydrogens (tertiary/aromatic N) is 2. The molecule has 0 radical (unpaired) electrons. The maximum atomic E-state index is 14.1. The van der Waals surface area contributed by atoms with Gasteiger partial charge in [0.2, 0.25) is 0 Å². The molecule has 7 heteroatoms. The van der Waals surface area contributed by atoms with Gasteiger partial charge in [-0.15, -0.1) is 11.3 Å². The van der Waals surface area contributed by atoms with Crippen LogP contribution in [0, 0.1) is 11.6 Å². The van der Waals surface area contributed by atoms with E-state index in [1.165, 1.54) is 23.5 Å². The van der Waals surface area contributed by atoms with E-state index in [-0.39, 0.29) is 11.5 Å². The number of aromatic nitrogens is 2. The summed E-state index contributed by atoms with van der Waals surface area (Å²) in [5, 5.41) is 5.44. The van der Waals surface area contributed by atoms with Gasteiger partial charge in [-0.2, -0.15) is 0 Å². The molecule has 0 bridgehead atoms. The Labute approximate surface area is 186 Å². The molecule has 3 aromatic carbocycles. The molecule has 4 nitrogen and oxygen atoms in total.